The molecule has 1 atom stereocenters. The summed E-state index contributed by atoms with van der Waals surface area (Å²) in [5.41, 5.74) is 1.11. The number of methoxy groups -OCH3 is 1. The number of hydrogen-bond acceptors (Lipinski definition) is 4. The van der Waals surface area contributed by atoms with Crippen LogP contribution in [0, 0.1) is 5.92 Å². The number of fused-ring (bicyclic) bond motifs is 1. The lowest BCUT2D eigenvalue weighted by molar-refractivity contribution is 0.234. The van der Waals surface area contributed by atoms with Gasteiger partial charge in [-0.3, -0.25) is 0 Å². The molecule has 4 rings (SSSR count). The molecule has 1 aliphatic heterocycles. The van der Waals surface area contributed by atoms with Crippen molar-refractivity contribution >= 4 is 6.03 Å². The number of nitrogens with zero attached hydrogens (tertiary/aromatic N) is 3. The van der Waals surface area contributed by atoms with E-state index in [1.807, 2.05) is 24.3 Å². The van der Waals surface area contributed by atoms with Crippen molar-refractivity contribution in [2.24, 2.45) is 5.92 Å². The maximum Gasteiger partial charge on any atom is 0.315 e. The standard InChI is InChI=1S/C18H23N5O2/c1-25-14-8-6-13(7-9-14)17(12-4-5-12)20-18(24)19-11-16-22-21-15-3-2-10-23(15)16/h6-9,12,17H,2-5,10-11H2,1H3,(H2,19,20,24)/t17-/m1/s1. The minimum absolute atomic E-state index is 0.0371. The first kappa shape index (κ1) is 15.9. The lowest BCUT2D eigenvalue weighted by Crippen LogP contribution is -2.38. The van der Waals surface area contributed by atoms with E-state index in [2.05, 4.69) is 25.4 Å². The Balaban J connectivity index is 1.37. The molecule has 1 aliphatic carbocycles. The van der Waals surface area contributed by atoms with E-state index in [1.54, 1.807) is 7.11 Å². The fourth-order valence-electron chi connectivity index (χ4n) is 3.41. The van der Waals surface area contributed by atoms with Crippen LogP contribution in [-0.4, -0.2) is 27.9 Å². The van der Waals surface area contributed by atoms with Gasteiger partial charge in [-0.05, 0) is 42.9 Å². The molecule has 2 amide bonds. The molecule has 1 aromatic heterocycles. The quantitative estimate of drug-likeness (QED) is 0.844. The topological polar surface area (TPSA) is 81.1 Å². The Kier molecular flexibility index (Phi) is 4.29. The van der Waals surface area contributed by atoms with Crippen LogP contribution in [0.5, 0.6) is 5.75 Å². The first-order valence-corrected chi connectivity index (χ1v) is 8.84. The monoisotopic (exact) mass is 341 g/mol. The fourth-order valence-corrected chi connectivity index (χ4v) is 3.41. The smallest absolute Gasteiger partial charge is 0.315 e. The van der Waals surface area contributed by atoms with Crippen LogP contribution in [0.3, 0.4) is 0 Å². The van der Waals surface area contributed by atoms with Crippen LogP contribution in [0.15, 0.2) is 24.3 Å². The van der Waals surface area contributed by atoms with Gasteiger partial charge in [0, 0.05) is 13.0 Å². The van der Waals surface area contributed by atoms with E-state index in [0.29, 0.717) is 12.5 Å². The van der Waals surface area contributed by atoms with Gasteiger partial charge in [-0.25, -0.2) is 4.79 Å². The molecule has 7 heteroatoms. The highest BCUT2D eigenvalue weighted by atomic mass is 16.5. The minimum Gasteiger partial charge on any atom is -0.497 e. The first-order chi connectivity index (χ1) is 12.2. The lowest BCUT2D eigenvalue weighted by Gasteiger charge is -2.19. The highest BCUT2D eigenvalue weighted by Gasteiger charge is 2.33. The molecular formula is C18H23N5O2. The van der Waals surface area contributed by atoms with E-state index in [0.717, 1.165) is 55.2 Å². The Bertz CT molecular complexity index is 751. The molecule has 1 fully saturated rings. The third-order valence-corrected chi connectivity index (χ3v) is 4.95. The number of ether oxygens (including phenoxy) is 1. The van der Waals surface area contributed by atoms with E-state index in [-0.39, 0.29) is 12.1 Å². The minimum atomic E-state index is -0.164. The third kappa shape index (κ3) is 3.45. The Morgan fingerprint density at radius 2 is 2.12 bits per heavy atom. The summed E-state index contributed by atoms with van der Waals surface area (Å²) < 4.78 is 7.31. The summed E-state index contributed by atoms with van der Waals surface area (Å²) >= 11 is 0. The Labute approximate surface area is 146 Å². The molecule has 132 valence electrons. The molecule has 7 nitrogen and oxygen atoms in total. The van der Waals surface area contributed by atoms with Gasteiger partial charge in [0.2, 0.25) is 0 Å². The molecule has 2 aromatic rings. The number of carbonyl (C=O) groups excluding carboxylic acids is 1. The predicted molar refractivity (Wildman–Crippen MR) is 92.2 cm³/mol. The molecule has 1 aromatic carbocycles. The van der Waals surface area contributed by atoms with Crippen molar-refractivity contribution in [3.63, 3.8) is 0 Å². The summed E-state index contributed by atoms with van der Waals surface area (Å²) in [4.78, 5) is 12.4. The van der Waals surface area contributed by atoms with Gasteiger partial charge in [0.15, 0.2) is 5.82 Å². The van der Waals surface area contributed by atoms with E-state index in [1.165, 1.54) is 0 Å². The SMILES string of the molecule is COc1ccc([C@H](NC(=O)NCc2nnc3n2CCC3)C2CC2)cc1. The number of urea groups is 1. The summed E-state index contributed by atoms with van der Waals surface area (Å²) in [7, 11) is 1.65. The largest absolute Gasteiger partial charge is 0.497 e. The number of aryl methyl sites for hydroxylation is 1. The maximum atomic E-state index is 12.4. The van der Waals surface area contributed by atoms with Crippen LogP contribution in [0.1, 0.15) is 42.5 Å². The van der Waals surface area contributed by atoms with Gasteiger partial charge in [0.05, 0.1) is 19.7 Å². The number of hydrogen-bond donors (Lipinski definition) is 2. The second kappa shape index (κ2) is 6.74. The van der Waals surface area contributed by atoms with Gasteiger partial charge >= 0.3 is 6.03 Å². The van der Waals surface area contributed by atoms with E-state index >= 15 is 0 Å². The molecule has 25 heavy (non-hydrogen) atoms. The average molecular weight is 341 g/mol. The van der Waals surface area contributed by atoms with Crippen LogP contribution < -0.4 is 15.4 Å². The summed E-state index contributed by atoms with van der Waals surface area (Å²) in [6, 6.07) is 7.78. The van der Waals surface area contributed by atoms with Crippen molar-refractivity contribution < 1.29 is 9.53 Å². The molecule has 2 aliphatic rings. The van der Waals surface area contributed by atoms with Gasteiger partial charge in [0.1, 0.15) is 11.6 Å². The number of rotatable bonds is 6. The fraction of sp³-hybridized carbons (Fsp3) is 0.500. The van der Waals surface area contributed by atoms with Crippen molar-refractivity contribution in [2.75, 3.05) is 7.11 Å². The molecule has 0 unspecified atom stereocenters. The van der Waals surface area contributed by atoms with Crippen LogP contribution in [0.2, 0.25) is 0 Å². The Hall–Kier alpha value is -2.57. The summed E-state index contributed by atoms with van der Waals surface area (Å²) in [6.45, 7) is 1.34. The van der Waals surface area contributed by atoms with Crippen molar-refractivity contribution in [1.82, 2.24) is 25.4 Å². The van der Waals surface area contributed by atoms with Gasteiger partial charge in [-0.15, -0.1) is 10.2 Å². The highest BCUT2D eigenvalue weighted by Crippen LogP contribution is 2.41. The molecule has 0 radical (unpaired) electrons. The number of aromatic nitrogens is 3. The van der Waals surface area contributed by atoms with Crippen LogP contribution in [0.25, 0.3) is 0 Å². The first-order valence-electron chi connectivity index (χ1n) is 8.84. The number of nitrogens with one attached hydrogen (secondary N) is 2. The second-order valence-electron chi connectivity index (χ2n) is 6.70. The van der Waals surface area contributed by atoms with Crippen molar-refractivity contribution in [1.29, 1.82) is 0 Å². The van der Waals surface area contributed by atoms with E-state index < -0.39 is 0 Å². The molecular weight excluding hydrogens is 318 g/mol. The van der Waals surface area contributed by atoms with E-state index in [9.17, 15) is 4.79 Å². The van der Waals surface area contributed by atoms with Crippen molar-refractivity contribution in [2.45, 2.75) is 44.8 Å². The van der Waals surface area contributed by atoms with Crippen LogP contribution in [-0.2, 0) is 19.5 Å². The molecule has 2 N–H and O–H groups in total. The summed E-state index contributed by atoms with van der Waals surface area (Å²) in [5.74, 6) is 3.18. The zero-order chi connectivity index (χ0) is 17.2. The molecule has 0 saturated heterocycles. The molecule has 1 saturated carbocycles. The number of benzene rings is 1. The molecule has 0 bridgehead atoms. The Morgan fingerprint density at radius 3 is 2.84 bits per heavy atom. The summed E-state index contributed by atoms with van der Waals surface area (Å²) in [6.07, 6.45) is 4.37. The number of carbonyl (C=O) groups is 1. The lowest BCUT2D eigenvalue weighted by atomic mass is 10.0. The van der Waals surface area contributed by atoms with Gasteiger partial charge in [-0.2, -0.15) is 0 Å². The number of amides is 2. The second-order valence-corrected chi connectivity index (χ2v) is 6.70. The van der Waals surface area contributed by atoms with E-state index in [4.69, 9.17) is 4.74 Å². The van der Waals surface area contributed by atoms with Crippen molar-refractivity contribution in [3.05, 3.63) is 41.5 Å². The molecule has 0 spiro atoms. The van der Waals surface area contributed by atoms with Gasteiger partial charge in [0.25, 0.3) is 0 Å². The van der Waals surface area contributed by atoms with Crippen LogP contribution >= 0.6 is 0 Å². The maximum absolute atomic E-state index is 12.4. The summed E-state index contributed by atoms with van der Waals surface area (Å²) in [5, 5.41) is 14.4. The normalized spacial score (nSPS) is 17.0. The average Bonchev–Trinajstić information content (AvgIpc) is 3.24. The van der Waals surface area contributed by atoms with Crippen molar-refractivity contribution in [3.8, 4) is 5.75 Å². The molecule has 2 heterocycles. The predicted octanol–water partition coefficient (Wildman–Crippen LogP) is 2.18. The zero-order valence-corrected chi connectivity index (χ0v) is 14.4. The van der Waals surface area contributed by atoms with Gasteiger partial charge < -0.3 is 19.9 Å². The third-order valence-electron chi connectivity index (χ3n) is 4.95. The zero-order valence-electron chi connectivity index (χ0n) is 14.4. The van der Waals surface area contributed by atoms with Crippen LogP contribution in [0.4, 0.5) is 4.79 Å². The Morgan fingerprint density at radius 1 is 1.32 bits per heavy atom. The van der Waals surface area contributed by atoms with Gasteiger partial charge in [-0.1, -0.05) is 12.1 Å². The highest BCUT2D eigenvalue weighted by molar-refractivity contribution is 5.74.